The number of hydrogen-bond acceptors (Lipinski definition) is 15. The van der Waals surface area contributed by atoms with Crippen LogP contribution < -0.4 is 26.8 Å². The zero-order valence-electron chi connectivity index (χ0n) is 24.2. The zero-order chi connectivity index (χ0) is 34.4. The maximum absolute atomic E-state index is 12.3. The number of methoxy groups -OCH3 is 1. The highest BCUT2D eigenvalue weighted by molar-refractivity contribution is 7.86. The van der Waals surface area contributed by atoms with E-state index in [1.165, 1.54) is 37.4 Å². The highest BCUT2D eigenvalue weighted by Gasteiger charge is 2.23. The van der Waals surface area contributed by atoms with Gasteiger partial charge in [-0.1, -0.05) is 0 Å². The molecule has 21 heteroatoms. The fourth-order valence-corrected chi connectivity index (χ4v) is 5.97. The lowest BCUT2D eigenvalue weighted by Gasteiger charge is -2.12. The van der Waals surface area contributed by atoms with Crippen LogP contribution >= 0.6 is 0 Å². The Bertz CT molecular complexity index is 2570. The molecule has 6 aromatic rings. The number of aromatic nitrogens is 5. The summed E-state index contributed by atoms with van der Waals surface area (Å²) in [6.07, 6.45) is 0. The number of nitrogens with two attached hydrogens (primary N) is 1. The molecule has 0 unspecified atom stereocenters. The van der Waals surface area contributed by atoms with Gasteiger partial charge in [0.1, 0.15) is 21.2 Å². The number of phenolic OH excluding ortho intramolecular Hbond substituents is 1. The molecular formula is C27H22N10O9S2. The van der Waals surface area contributed by atoms with E-state index >= 15 is 0 Å². The van der Waals surface area contributed by atoms with Gasteiger partial charge in [0.2, 0.25) is 17.8 Å². The minimum absolute atomic E-state index is 0.00567. The quantitative estimate of drug-likeness (QED) is 0.0786. The molecule has 6 rings (SSSR count). The number of anilines is 5. The predicted molar refractivity (Wildman–Crippen MR) is 172 cm³/mol. The number of nitrogen functional groups attached to an aromatic ring is 1. The highest BCUT2D eigenvalue weighted by atomic mass is 32.2. The number of fused-ring (bicyclic) bond motifs is 2. The van der Waals surface area contributed by atoms with Crippen molar-refractivity contribution in [3.63, 3.8) is 0 Å². The van der Waals surface area contributed by atoms with Gasteiger partial charge in [0.25, 0.3) is 20.2 Å². The van der Waals surface area contributed by atoms with Crippen LogP contribution in [0.3, 0.4) is 0 Å². The summed E-state index contributed by atoms with van der Waals surface area (Å²) in [5, 5.41) is 24.7. The lowest BCUT2D eigenvalue weighted by Crippen LogP contribution is -2.07. The van der Waals surface area contributed by atoms with Crippen LogP contribution in [0.1, 0.15) is 0 Å². The van der Waals surface area contributed by atoms with Gasteiger partial charge >= 0.3 is 5.69 Å². The van der Waals surface area contributed by atoms with E-state index < -0.39 is 41.5 Å². The Labute approximate surface area is 269 Å². The fraction of sp³-hybridized carbons (Fsp3) is 0.0370. The van der Waals surface area contributed by atoms with Crippen LogP contribution in [0.15, 0.2) is 85.5 Å². The van der Waals surface area contributed by atoms with Crippen LogP contribution in [0.25, 0.3) is 21.8 Å². The van der Waals surface area contributed by atoms with Crippen molar-refractivity contribution in [3.05, 3.63) is 71.1 Å². The summed E-state index contributed by atoms with van der Waals surface area (Å²) < 4.78 is 72.5. The SMILES string of the molecule is COc1ccc(N=Nc2c(S(=O)(=O)O)cc3cc(Nc4nc(N)nc(Nc5ccc6[nH]c(=O)[nH]c6c5)n4)ccc3c2O)cc1S(=O)(=O)O. The van der Waals surface area contributed by atoms with E-state index in [0.29, 0.717) is 22.4 Å². The van der Waals surface area contributed by atoms with Gasteiger partial charge in [-0.05, 0) is 66.0 Å². The fourth-order valence-electron chi connectivity index (χ4n) is 4.63. The van der Waals surface area contributed by atoms with E-state index in [4.69, 9.17) is 10.5 Å². The Morgan fingerprint density at radius 1 is 0.792 bits per heavy atom. The smallest absolute Gasteiger partial charge is 0.323 e. The molecule has 0 saturated carbocycles. The molecule has 0 aliphatic heterocycles. The summed E-state index contributed by atoms with van der Waals surface area (Å²) in [6.45, 7) is 0. The second-order valence-corrected chi connectivity index (χ2v) is 12.7. The molecule has 48 heavy (non-hydrogen) atoms. The number of aromatic hydroxyl groups is 1. The molecule has 2 aromatic heterocycles. The number of benzene rings is 4. The molecule has 0 fully saturated rings. The first-order chi connectivity index (χ1) is 22.7. The molecule has 0 bridgehead atoms. The Morgan fingerprint density at radius 3 is 2.10 bits per heavy atom. The number of nitrogens with zero attached hydrogens (tertiary/aromatic N) is 5. The third-order valence-corrected chi connectivity index (χ3v) is 8.44. The molecule has 0 amide bonds. The van der Waals surface area contributed by atoms with E-state index in [1.807, 2.05) is 0 Å². The van der Waals surface area contributed by atoms with Crippen LogP contribution in [-0.4, -0.2) is 63.1 Å². The number of phenols is 1. The van der Waals surface area contributed by atoms with Gasteiger partial charge in [0, 0.05) is 16.8 Å². The zero-order valence-corrected chi connectivity index (χ0v) is 25.8. The summed E-state index contributed by atoms with van der Waals surface area (Å²) in [5.41, 5.74) is 6.71. The van der Waals surface area contributed by atoms with Gasteiger partial charge in [-0.25, -0.2) is 4.79 Å². The van der Waals surface area contributed by atoms with Crippen LogP contribution in [0.5, 0.6) is 11.5 Å². The molecule has 246 valence electrons. The number of nitrogens with one attached hydrogen (secondary N) is 4. The van der Waals surface area contributed by atoms with Crippen molar-refractivity contribution < 1.29 is 35.8 Å². The molecule has 0 radical (unpaired) electrons. The predicted octanol–water partition coefficient (Wildman–Crippen LogP) is 3.89. The maximum atomic E-state index is 12.3. The Hall–Kier alpha value is -6.16. The number of imidazole rings is 1. The number of hydrogen-bond donors (Lipinski definition) is 8. The molecule has 19 nitrogen and oxygen atoms in total. The van der Waals surface area contributed by atoms with Crippen molar-refractivity contribution in [3.8, 4) is 11.5 Å². The lowest BCUT2D eigenvalue weighted by molar-refractivity contribution is 0.397. The van der Waals surface area contributed by atoms with E-state index in [-0.39, 0.29) is 45.7 Å². The minimum atomic E-state index is -4.99. The molecule has 0 spiro atoms. The Kier molecular flexibility index (Phi) is 7.88. The monoisotopic (exact) mass is 694 g/mol. The number of rotatable bonds is 9. The standard InChI is InChI=1S/C27H22N10O9S2/c1-46-19-7-4-15(11-20(19)47(40,41)42)36-37-22-21(48(43,44)45)9-12-8-13(2-5-16(12)23(22)38)29-25-33-24(28)34-26(35-25)30-14-3-6-17-18(10-14)32-27(39)31-17/h2-11,38H,1H3,(H2,31,32,39)(H,40,41,42)(H,43,44,45)(H4,28,29,30,33,34,35). The topological polar surface area (TPSA) is 300 Å². The summed E-state index contributed by atoms with van der Waals surface area (Å²) in [5.74, 6) is -0.948. The van der Waals surface area contributed by atoms with Gasteiger partial charge in [0.05, 0.1) is 23.8 Å². The van der Waals surface area contributed by atoms with Gasteiger partial charge in [-0.3, -0.25) is 9.11 Å². The number of ether oxygens (including phenoxy) is 1. The summed E-state index contributed by atoms with van der Waals surface area (Å²) in [4.78, 5) is 27.8. The molecule has 9 N–H and O–H groups in total. The normalized spacial score (nSPS) is 12.1. The largest absolute Gasteiger partial charge is 0.505 e. The first-order valence-electron chi connectivity index (χ1n) is 13.3. The average Bonchev–Trinajstić information content (AvgIpc) is 3.38. The van der Waals surface area contributed by atoms with Crippen molar-refractivity contribution in [2.45, 2.75) is 9.79 Å². The maximum Gasteiger partial charge on any atom is 0.323 e. The minimum Gasteiger partial charge on any atom is -0.505 e. The Morgan fingerprint density at radius 2 is 1.44 bits per heavy atom. The highest BCUT2D eigenvalue weighted by Crippen LogP contribution is 2.42. The number of H-pyrrole nitrogens is 2. The first kappa shape index (κ1) is 31.8. The van der Waals surface area contributed by atoms with E-state index in [1.54, 1.807) is 18.2 Å². The second-order valence-electron chi connectivity index (χ2n) is 9.92. The molecular weight excluding hydrogens is 672 g/mol. The van der Waals surface area contributed by atoms with Gasteiger partial charge in [-0.2, -0.15) is 36.9 Å². The van der Waals surface area contributed by atoms with Crippen LogP contribution in [0.4, 0.5) is 40.6 Å². The first-order valence-corrected chi connectivity index (χ1v) is 16.2. The van der Waals surface area contributed by atoms with E-state index in [9.17, 15) is 35.8 Å². The summed E-state index contributed by atoms with van der Waals surface area (Å²) >= 11 is 0. The third kappa shape index (κ3) is 6.54. The molecule has 0 aliphatic rings. The lowest BCUT2D eigenvalue weighted by atomic mass is 10.1. The van der Waals surface area contributed by atoms with Crippen molar-refractivity contribution >= 4 is 82.6 Å². The number of azo groups is 1. The van der Waals surface area contributed by atoms with Crippen LogP contribution in [0, 0.1) is 0 Å². The van der Waals surface area contributed by atoms with Crippen molar-refractivity contribution in [1.82, 2.24) is 24.9 Å². The average molecular weight is 695 g/mol. The third-order valence-electron chi connectivity index (χ3n) is 6.70. The molecule has 2 heterocycles. The van der Waals surface area contributed by atoms with Crippen molar-refractivity contribution in [1.29, 1.82) is 0 Å². The van der Waals surface area contributed by atoms with Crippen molar-refractivity contribution in [2.24, 2.45) is 10.2 Å². The Balaban J connectivity index is 1.32. The van der Waals surface area contributed by atoms with Crippen LogP contribution in [-0.2, 0) is 20.2 Å². The molecule has 4 aromatic carbocycles. The number of aromatic amines is 2. The second kappa shape index (κ2) is 11.9. The van der Waals surface area contributed by atoms with Gasteiger partial charge < -0.3 is 36.2 Å². The molecule has 0 atom stereocenters. The van der Waals surface area contributed by atoms with Gasteiger partial charge in [0.15, 0.2) is 5.75 Å². The summed E-state index contributed by atoms with van der Waals surface area (Å²) in [6, 6.07) is 13.8. The van der Waals surface area contributed by atoms with E-state index in [0.717, 1.165) is 12.1 Å². The molecule has 0 aliphatic carbocycles. The van der Waals surface area contributed by atoms with E-state index in [2.05, 4.69) is 45.8 Å². The van der Waals surface area contributed by atoms with Crippen molar-refractivity contribution in [2.75, 3.05) is 23.5 Å². The van der Waals surface area contributed by atoms with Crippen LogP contribution in [0.2, 0.25) is 0 Å². The molecule has 0 saturated heterocycles. The summed E-state index contributed by atoms with van der Waals surface area (Å²) in [7, 11) is -8.53. The van der Waals surface area contributed by atoms with Gasteiger partial charge in [-0.15, -0.1) is 5.11 Å².